The summed E-state index contributed by atoms with van der Waals surface area (Å²) in [6, 6.07) is 0.426. The molecule has 0 aromatic heterocycles. The van der Waals surface area contributed by atoms with E-state index in [4.69, 9.17) is 0 Å². The largest absolute Gasteiger partial charge is 0.389 e. The lowest BCUT2D eigenvalue weighted by Gasteiger charge is -2.28. The highest BCUT2D eigenvalue weighted by Gasteiger charge is 2.27. The molecule has 8 heteroatoms. The Morgan fingerprint density at radius 1 is 1.32 bits per heavy atom. The first-order chi connectivity index (χ1) is 8.68. The van der Waals surface area contributed by atoms with Gasteiger partial charge in [-0.3, -0.25) is 0 Å². The van der Waals surface area contributed by atoms with Gasteiger partial charge in [0.25, 0.3) is 0 Å². The number of hydrogen-bond acceptors (Lipinski definition) is 3. The van der Waals surface area contributed by atoms with Crippen molar-refractivity contribution < 1.29 is 21.6 Å². The van der Waals surface area contributed by atoms with Gasteiger partial charge in [0.2, 0.25) is 10.0 Å². The fraction of sp³-hybridized carbons (Fsp3) is 1.00. The van der Waals surface area contributed by atoms with E-state index in [0.717, 1.165) is 19.3 Å². The lowest BCUT2D eigenvalue weighted by Crippen LogP contribution is -2.47. The molecule has 0 amide bonds. The number of halogens is 3. The van der Waals surface area contributed by atoms with Gasteiger partial charge >= 0.3 is 6.18 Å². The summed E-state index contributed by atoms with van der Waals surface area (Å²) in [6.07, 6.45) is -2.77. The van der Waals surface area contributed by atoms with Crippen LogP contribution in [0.15, 0.2) is 0 Å². The molecular formula is C11H21F3N2O2S. The molecule has 1 saturated heterocycles. The van der Waals surface area contributed by atoms with Crippen molar-refractivity contribution >= 4 is 10.0 Å². The SMILES string of the molecule is CC1CCCC(CNS(=O)(=O)CCCC(F)(F)F)N1. The summed E-state index contributed by atoms with van der Waals surface area (Å²) in [5.74, 6) is -0.477. The Bertz CT molecular complexity index is 371. The molecular weight excluding hydrogens is 281 g/mol. The molecule has 0 radical (unpaired) electrons. The zero-order chi connectivity index (χ0) is 14.5. The van der Waals surface area contributed by atoms with Crippen LogP contribution in [0.4, 0.5) is 13.2 Å². The lowest BCUT2D eigenvalue weighted by atomic mass is 10.00. The first kappa shape index (κ1) is 16.7. The number of hydrogen-bond donors (Lipinski definition) is 2. The Hall–Kier alpha value is -0.340. The lowest BCUT2D eigenvalue weighted by molar-refractivity contribution is -0.134. The van der Waals surface area contributed by atoms with Crippen LogP contribution < -0.4 is 10.0 Å². The zero-order valence-electron chi connectivity index (χ0n) is 11.0. The number of sulfonamides is 1. The first-order valence-electron chi connectivity index (χ1n) is 6.48. The molecule has 0 aliphatic carbocycles. The van der Waals surface area contributed by atoms with Crippen LogP contribution in [0.1, 0.15) is 39.0 Å². The van der Waals surface area contributed by atoms with Gasteiger partial charge in [-0.2, -0.15) is 13.2 Å². The third-order valence-electron chi connectivity index (χ3n) is 3.13. The molecule has 1 aliphatic rings. The molecule has 2 atom stereocenters. The molecule has 0 aromatic rings. The topological polar surface area (TPSA) is 58.2 Å². The van der Waals surface area contributed by atoms with Gasteiger partial charge in [0, 0.05) is 25.0 Å². The smallest absolute Gasteiger partial charge is 0.310 e. The highest BCUT2D eigenvalue weighted by Crippen LogP contribution is 2.21. The van der Waals surface area contributed by atoms with Gasteiger partial charge in [0.05, 0.1) is 5.75 Å². The maximum absolute atomic E-state index is 11.9. The summed E-state index contributed by atoms with van der Waals surface area (Å²) < 4.78 is 61.2. The fourth-order valence-corrected chi connectivity index (χ4v) is 3.29. The Morgan fingerprint density at radius 3 is 2.58 bits per heavy atom. The summed E-state index contributed by atoms with van der Waals surface area (Å²) in [6.45, 7) is 2.28. The average Bonchev–Trinajstić information content (AvgIpc) is 2.24. The quantitative estimate of drug-likeness (QED) is 0.786. The normalized spacial score (nSPS) is 25.5. The van der Waals surface area contributed by atoms with Crippen LogP contribution in [0.25, 0.3) is 0 Å². The van der Waals surface area contributed by atoms with Crippen LogP contribution in [0.2, 0.25) is 0 Å². The Kier molecular flexibility index (Phi) is 6.07. The van der Waals surface area contributed by atoms with E-state index in [-0.39, 0.29) is 12.6 Å². The van der Waals surface area contributed by atoms with Gasteiger partial charge in [0.1, 0.15) is 0 Å². The van der Waals surface area contributed by atoms with Crippen molar-refractivity contribution in [3.8, 4) is 0 Å². The summed E-state index contributed by atoms with van der Waals surface area (Å²) in [5.41, 5.74) is 0. The van der Waals surface area contributed by atoms with Gasteiger partial charge < -0.3 is 5.32 Å². The van der Waals surface area contributed by atoms with Crippen molar-refractivity contribution in [3.05, 3.63) is 0 Å². The van der Waals surface area contributed by atoms with E-state index in [1.54, 1.807) is 0 Å². The Labute approximate surface area is 112 Å². The van der Waals surface area contributed by atoms with Crippen molar-refractivity contribution in [1.82, 2.24) is 10.0 Å². The number of alkyl halides is 3. The molecule has 0 aromatic carbocycles. The maximum Gasteiger partial charge on any atom is 0.389 e. The van der Waals surface area contributed by atoms with Crippen LogP contribution >= 0.6 is 0 Å². The molecule has 114 valence electrons. The standard InChI is InChI=1S/C11H21F3N2O2S/c1-9-4-2-5-10(16-9)8-15-19(17,18)7-3-6-11(12,13)14/h9-10,15-16H,2-8H2,1H3. The Morgan fingerprint density at radius 2 is 2.00 bits per heavy atom. The molecule has 2 N–H and O–H groups in total. The minimum Gasteiger partial charge on any atom is -0.310 e. The van der Waals surface area contributed by atoms with Crippen LogP contribution in [-0.2, 0) is 10.0 Å². The van der Waals surface area contributed by atoms with Crippen molar-refractivity contribution in [2.24, 2.45) is 0 Å². The van der Waals surface area contributed by atoms with Gasteiger partial charge in [0.15, 0.2) is 0 Å². The molecule has 1 rings (SSSR count). The van der Waals surface area contributed by atoms with E-state index in [2.05, 4.69) is 10.0 Å². The van der Waals surface area contributed by atoms with Gasteiger partial charge in [-0.05, 0) is 26.2 Å². The summed E-state index contributed by atoms with van der Waals surface area (Å²) in [7, 11) is -3.61. The van der Waals surface area contributed by atoms with E-state index in [1.165, 1.54) is 0 Å². The molecule has 0 saturated carbocycles. The van der Waals surface area contributed by atoms with Crippen molar-refractivity contribution in [2.75, 3.05) is 12.3 Å². The minimum atomic E-state index is -4.30. The molecule has 1 heterocycles. The predicted molar refractivity (Wildman–Crippen MR) is 67.3 cm³/mol. The molecule has 0 bridgehead atoms. The summed E-state index contributed by atoms with van der Waals surface area (Å²) in [4.78, 5) is 0. The molecule has 2 unspecified atom stereocenters. The van der Waals surface area contributed by atoms with E-state index < -0.39 is 34.8 Å². The summed E-state index contributed by atoms with van der Waals surface area (Å²) in [5, 5.41) is 3.26. The van der Waals surface area contributed by atoms with E-state index in [1.807, 2.05) is 6.92 Å². The predicted octanol–water partition coefficient (Wildman–Crippen LogP) is 1.78. The van der Waals surface area contributed by atoms with E-state index in [9.17, 15) is 21.6 Å². The monoisotopic (exact) mass is 302 g/mol. The number of rotatable bonds is 6. The fourth-order valence-electron chi connectivity index (χ4n) is 2.16. The van der Waals surface area contributed by atoms with E-state index in [0.29, 0.717) is 6.04 Å². The molecule has 0 spiro atoms. The molecule has 4 nitrogen and oxygen atoms in total. The van der Waals surface area contributed by atoms with E-state index >= 15 is 0 Å². The highest BCUT2D eigenvalue weighted by molar-refractivity contribution is 7.89. The first-order valence-corrected chi connectivity index (χ1v) is 8.13. The molecule has 19 heavy (non-hydrogen) atoms. The zero-order valence-corrected chi connectivity index (χ0v) is 11.8. The highest BCUT2D eigenvalue weighted by atomic mass is 32.2. The second kappa shape index (κ2) is 6.90. The van der Waals surface area contributed by atoms with Gasteiger partial charge in [-0.1, -0.05) is 6.42 Å². The number of nitrogens with one attached hydrogen (secondary N) is 2. The minimum absolute atomic E-state index is 0.0705. The maximum atomic E-state index is 11.9. The number of piperidine rings is 1. The summed E-state index contributed by atoms with van der Waals surface area (Å²) >= 11 is 0. The Balaban J connectivity index is 2.26. The third kappa shape index (κ3) is 7.74. The van der Waals surface area contributed by atoms with Crippen LogP contribution in [-0.4, -0.2) is 39.0 Å². The van der Waals surface area contributed by atoms with Crippen molar-refractivity contribution in [1.29, 1.82) is 0 Å². The van der Waals surface area contributed by atoms with Crippen LogP contribution in [0, 0.1) is 0 Å². The second-order valence-corrected chi connectivity index (χ2v) is 7.01. The van der Waals surface area contributed by atoms with Gasteiger partial charge in [-0.15, -0.1) is 0 Å². The third-order valence-corrected chi connectivity index (χ3v) is 4.57. The van der Waals surface area contributed by atoms with Crippen LogP contribution in [0.5, 0.6) is 0 Å². The van der Waals surface area contributed by atoms with Gasteiger partial charge in [-0.25, -0.2) is 13.1 Å². The average molecular weight is 302 g/mol. The second-order valence-electron chi connectivity index (χ2n) is 5.08. The van der Waals surface area contributed by atoms with Crippen molar-refractivity contribution in [3.63, 3.8) is 0 Å². The van der Waals surface area contributed by atoms with Crippen LogP contribution in [0.3, 0.4) is 0 Å². The van der Waals surface area contributed by atoms with Crippen molar-refractivity contribution in [2.45, 2.75) is 57.3 Å². The molecule has 1 fully saturated rings. The molecule has 1 aliphatic heterocycles.